The van der Waals surface area contributed by atoms with Crippen LogP contribution in [0.4, 0.5) is 0 Å². The summed E-state index contributed by atoms with van der Waals surface area (Å²) in [5, 5.41) is 13.9. The Kier molecular flexibility index (Phi) is 6.13. The van der Waals surface area contributed by atoms with Gasteiger partial charge in [-0.2, -0.15) is 0 Å². The maximum absolute atomic E-state index is 13.6. The van der Waals surface area contributed by atoms with E-state index in [-0.39, 0.29) is 29.4 Å². The minimum Gasteiger partial charge on any atom is -0.391 e. The lowest BCUT2D eigenvalue weighted by Crippen LogP contribution is -2.55. The zero-order valence-corrected chi connectivity index (χ0v) is 20.5. The molecule has 1 amide bonds. The molecule has 4 rings (SSSR count). The van der Waals surface area contributed by atoms with Crippen molar-refractivity contribution in [1.82, 2.24) is 25.2 Å². The fourth-order valence-corrected chi connectivity index (χ4v) is 5.22. The first kappa shape index (κ1) is 22.9. The summed E-state index contributed by atoms with van der Waals surface area (Å²) in [4.78, 5) is 29.1. The van der Waals surface area contributed by atoms with Crippen molar-refractivity contribution in [2.45, 2.75) is 72.2 Å². The van der Waals surface area contributed by atoms with Crippen molar-refractivity contribution in [1.29, 1.82) is 0 Å². The van der Waals surface area contributed by atoms with Crippen molar-refractivity contribution >= 4 is 28.3 Å². The van der Waals surface area contributed by atoms with Gasteiger partial charge in [0.15, 0.2) is 0 Å². The molecule has 0 saturated carbocycles. The molecule has 0 spiro atoms. The van der Waals surface area contributed by atoms with Gasteiger partial charge in [0.25, 0.3) is 0 Å². The summed E-state index contributed by atoms with van der Waals surface area (Å²) in [5.74, 6) is 0.731. The lowest BCUT2D eigenvalue weighted by Gasteiger charge is -2.36. The zero-order chi connectivity index (χ0) is 23.2. The number of imidazole rings is 1. The van der Waals surface area contributed by atoms with Crippen LogP contribution in [0.5, 0.6) is 0 Å². The van der Waals surface area contributed by atoms with E-state index in [9.17, 15) is 9.90 Å². The number of aliphatic hydroxyl groups is 1. The van der Waals surface area contributed by atoms with E-state index in [2.05, 4.69) is 48.2 Å². The van der Waals surface area contributed by atoms with Crippen LogP contribution < -0.4 is 5.32 Å². The van der Waals surface area contributed by atoms with Crippen LogP contribution in [0, 0.1) is 12.3 Å². The number of H-pyrrole nitrogens is 1. The van der Waals surface area contributed by atoms with Gasteiger partial charge >= 0.3 is 0 Å². The van der Waals surface area contributed by atoms with Crippen LogP contribution in [0.25, 0.3) is 21.5 Å². The number of nitrogens with one attached hydrogen (secondary N) is 2. The molecule has 3 N–H and O–H groups in total. The average Bonchev–Trinajstić information content (AvgIpc) is 3.41. The van der Waals surface area contributed by atoms with Gasteiger partial charge < -0.3 is 20.3 Å². The number of hydrogen-bond acceptors (Lipinski definition) is 6. The summed E-state index contributed by atoms with van der Waals surface area (Å²) in [6, 6.07) is 5.69. The van der Waals surface area contributed by atoms with E-state index in [0.717, 1.165) is 33.0 Å². The van der Waals surface area contributed by atoms with Crippen LogP contribution >= 0.6 is 11.3 Å². The van der Waals surface area contributed by atoms with E-state index < -0.39 is 6.10 Å². The van der Waals surface area contributed by atoms with Crippen LogP contribution in [0.2, 0.25) is 0 Å². The van der Waals surface area contributed by atoms with Crippen molar-refractivity contribution in [2.75, 3.05) is 6.54 Å². The number of β-amino-alcohol motifs (C(OH)–C–C–N with tert-alkyl or cyclic N) is 1. The number of aromatic nitrogens is 3. The number of aromatic amines is 1. The summed E-state index contributed by atoms with van der Waals surface area (Å²) in [6.07, 6.45) is -0.0856. The first-order chi connectivity index (χ1) is 15.0. The molecule has 1 fully saturated rings. The number of thiazole rings is 1. The molecule has 0 radical (unpaired) electrons. The van der Waals surface area contributed by atoms with E-state index in [0.29, 0.717) is 13.0 Å². The number of aryl methyl sites for hydroxylation is 1. The van der Waals surface area contributed by atoms with Crippen molar-refractivity contribution in [3.05, 3.63) is 35.2 Å². The highest BCUT2D eigenvalue weighted by molar-refractivity contribution is 7.13. The molecule has 0 unspecified atom stereocenters. The van der Waals surface area contributed by atoms with Crippen LogP contribution in [-0.4, -0.2) is 55.6 Å². The van der Waals surface area contributed by atoms with E-state index >= 15 is 0 Å². The molecule has 1 aliphatic heterocycles. The average molecular weight is 456 g/mol. The van der Waals surface area contributed by atoms with Gasteiger partial charge in [0.1, 0.15) is 5.82 Å². The van der Waals surface area contributed by atoms with Gasteiger partial charge in [0.2, 0.25) is 5.91 Å². The molecule has 0 bridgehead atoms. The highest BCUT2D eigenvalue weighted by Crippen LogP contribution is 2.35. The van der Waals surface area contributed by atoms with Gasteiger partial charge in [-0.15, -0.1) is 11.3 Å². The van der Waals surface area contributed by atoms with E-state index in [1.165, 1.54) is 0 Å². The van der Waals surface area contributed by atoms with Gasteiger partial charge in [0.05, 0.1) is 45.3 Å². The quantitative estimate of drug-likeness (QED) is 0.540. The van der Waals surface area contributed by atoms with Crippen LogP contribution in [0.1, 0.15) is 58.6 Å². The van der Waals surface area contributed by atoms with Crippen LogP contribution in [-0.2, 0) is 4.79 Å². The third-order valence-electron chi connectivity index (χ3n) is 6.00. The van der Waals surface area contributed by atoms with Crippen LogP contribution in [0.3, 0.4) is 0 Å². The van der Waals surface area contributed by atoms with E-state index in [4.69, 9.17) is 4.98 Å². The highest BCUT2D eigenvalue weighted by Gasteiger charge is 2.43. The summed E-state index contributed by atoms with van der Waals surface area (Å²) >= 11 is 1.62. The number of benzene rings is 1. The number of nitrogens with zero attached hydrogens (tertiary/aromatic N) is 3. The van der Waals surface area contributed by atoms with Crippen LogP contribution in [0.15, 0.2) is 23.7 Å². The molecule has 2 aromatic heterocycles. The second kappa shape index (κ2) is 8.57. The molecular weight excluding hydrogens is 422 g/mol. The molecule has 32 heavy (non-hydrogen) atoms. The van der Waals surface area contributed by atoms with Crippen molar-refractivity contribution < 1.29 is 9.90 Å². The monoisotopic (exact) mass is 455 g/mol. The molecule has 1 aromatic carbocycles. The third kappa shape index (κ3) is 4.44. The number of amides is 1. The van der Waals surface area contributed by atoms with Gasteiger partial charge in [0, 0.05) is 19.0 Å². The Labute approximate surface area is 193 Å². The number of hydrogen-bond donors (Lipinski definition) is 3. The molecule has 3 heterocycles. The van der Waals surface area contributed by atoms with Crippen molar-refractivity contribution in [3.63, 3.8) is 0 Å². The highest BCUT2D eigenvalue weighted by atomic mass is 32.1. The predicted octanol–water partition coefficient (Wildman–Crippen LogP) is 4.04. The summed E-state index contributed by atoms with van der Waals surface area (Å²) in [6.45, 7) is 12.6. The second-order valence-electron chi connectivity index (χ2n) is 10.1. The molecule has 3 atom stereocenters. The Balaban J connectivity index is 1.66. The van der Waals surface area contributed by atoms with Gasteiger partial charge in [-0.25, -0.2) is 9.97 Å². The maximum atomic E-state index is 13.6. The fourth-order valence-electron chi connectivity index (χ4n) is 4.41. The molecule has 1 aliphatic rings. The van der Waals surface area contributed by atoms with E-state index in [1.54, 1.807) is 16.2 Å². The summed E-state index contributed by atoms with van der Waals surface area (Å²) in [7, 11) is 0. The number of fused-ring (bicyclic) bond motifs is 1. The second-order valence-corrected chi connectivity index (χ2v) is 11.0. The molecule has 7 nitrogen and oxygen atoms in total. The standard InChI is InChI=1S/C24H33N5O2S/c1-13(2)26-21(24(4,5)6)23(31)29-11-16(30)10-19(29)22-27-17-8-7-15(9-18(17)28-22)20-14(3)25-12-32-20/h7-9,12-13,16,19,21,26,30H,10-11H2,1-6H3,(H,27,28)/t16-,19+,21-/m1/s1. The van der Waals surface area contributed by atoms with Gasteiger partial charge in [-0.1, -0.05) is 40.7 Å². The van der Waals surface area contributed by atoms with Crippen molar-refractivity contribution in [3.8, 4) is 10.4 Å². The Hall–Kier alpha value is -2.29. The summed E-state index contributed by atoms with van der Waals surface area (Å²) < 4.78 is 0. The lowest BCUT2D eigenvalue weighted by molar-refractivity contribution is -0.137. The first-order valence-electron chi connectivity index (χ1n) is 11.2. The minimum absolute atomic E-state index is 0.00850. The Morgan fingerprint density at radius 3 is 2.72 bits per heavy atom. The third-order valence-corrected chi connectivity index (χ3v) is 6.98. The fraction of sp³-hybridized carbons (Fsp3) is 0.542. The largest absolute Gasteiger partial charge is 0.391 e. The normalized spacial score (nSPS) is 20.4. The number of carbonyl (C=O) groups excluding carboxylic acids is 1. The lowest BCUT2D eigenvalue weighted by atomic mass is 9.85. The van der Waals surface area contributed by atoms with Gasteiger partial charge in [-0.05, 0) is 30.0 Å². The molecule has 3 aromatic rings. The predicted molar refractivity (Wildman–Crippen MR) is 129 cm³/mol. The molecule has 1 saturated heterocycles. The first-order valence-corrected chi connectivity index (χ1v) is 12.1. The topological polar surface area (TPSA) is 94.1 Å². The molecule has 0 aliphatic carbocycles. The van der Waals surface area contributed by atoms with Gasteiger partial charge in [-0.3, -0.25) is 4.79 Å². The Morgan fingerprint density at radius 1 is 1.34 bits per heavy atom. The zero-order valence-electron chi connectivity index (χ0n) is 19.6. The summed E-state index contributed by atoms with van der Waals surface area (Å²) in [5.41, 5.74) is 5.48. The minimum atomic E-state index is -0.563. The van der Waals surface area contributed by atoms with Crippen molar-refractivity contribution in [2.24, 2.45) is 5.41 Å². The number of aliphatic hydroxyl groups excluding tert-OH is 1. The number of carbonyl (C=O) groups is 1. The Morgan fingerprint density at radius 2 is 2.09 bits per heavy atom. The molecule has 172 valence electrons. The molecular formula is C24H33N5O2S. The molecule has 8 heteroatoms. The Bertz CT molecular complexity index is 1110. The SMILES string of the molecule is Cc1ncsc1-c1ccc2nc([C@@H]3C[C@@H](O)CN3C(=O)[C@@H](NC(C)C)C(C)(C)C)[nH]c2c1. The smallest absolute Gasteiger partial charge is 0.240 e. The number of likely N-dealkylation sites (tertiary alicyclic amines) is 1. The maximum Gasteiger partial charge on any atom is 0.240 e. The number of rotatable bonds is 5. The van der Waals surface area contributed by atoms with E-state index in [1.807, 2.05) is 32.3 Å².